The summed E-state index contributed by atoms with van der Waals surface area (Å²) in [7, 11) is 0. The normalized spacial score (nSPS) is 11.0. The molecule has 0 spiro atoms. The van der Waals surface area contributed by atoms with Gasteiger partial charge in [0, 0.05) is 6.54 Å². The van der Waals surface area contributed by atoms with E-state index in [0.717, 1.165) is 10.6 Å². The van der Waals surface area contributed by atoms with E-state index >= 15 is 0 Å². The summed E-state index contributed by atoms with van der Waals surface area (Å²) in [6.07, 6.45) is 0. The van der Waals surface area contributed by atoms with Crippen LogP contribution in [0.1, 0.15) is 29.9 Å². The first-order chi connectivity index (χ1) is 14.3. The summed E-state index contributed by atoms with van der Waals surface area (Å²) in [5, 5.41) is 6.43. The number of hydrogen-bond acceptors (Lipinski definition) is 4. The van der Waals surface area contributed by atoms with E-state index in [9.17, 15) is 23.2 Å². The van der Waals surface area contributed by atoms with E-state index in [0.29, 0.717) is 10.2 Å². The van der Waals surface area contributed by atoms with E-state index in [4.69, 9.17) is 0 Å². The lowest BCUT2D eigenvalue weighted by atomic mass is 10.2. The van der Waals surface area contributed by atoms with Gasteiger partial charge in [-0.1, -0.05) is 38.1 Å². The SMILES string of the molecule is CC(C)CNC(=O)c1nn(-c2ccccc2F)c(=O)n(Cc2ccc(F)cc2)c1=O. The second kappa shape index (κ2) is 8.81. The highest BCUT2D eigenvalue weighted by Gasteiger charge is 2.21. The third-order valence-electron chi connectivity index (χ3n) is 4.28. The Morgan fingerprint density at radius 2 is 1.73 bits per heavy atom. The Labute approximate surface area is 170 Å². The second-order valence-corrected chi connectivity index (χ2v) is 7.12. The van der Waals surface area contributed by atoms with Crippen LogP contribution in [0.4, 0.5) is 8.78 Å². The van der Waals surface area contributed by atoms with Gasteiger partial charge in [-0.3, -0.25) is 14.2 Å². The average molecular weight is 414 g/mol. The first-order valence-corrected chi connectivity index (χ1v) is 9.29. The molecule has 0 unspecified atom stereocenters. The minimum absolute atomic E-state index is 0.118. The molecule has 0 aliphatic carbocycles. The molecule has 0 atom stereocenters. The maximum Gasteiger partial charge on any atom is 0.352 e. The molecule has 0 saturated carbocycles. The number of hydrogen-bond donors (Lipinski definition) is 1. The number of carbonyl (C=O) groups excluding carboxylic acids is 1. The molecule has 0 radical (unpaired) electrons. The van der Waals surface area contributed by atoms with Crippen molar-refractivity contribution in [3.05, 3.63) is 92.3 Å². The van der Waals surface area contributed by atoms with Gasteiger partial charge in [-0.25, -0.2) is 13.6 Å². The van der Waals surface area contributed by atoms with E-state index in [2.05, 4.69) is 10.4 Å². The molecule has 3 aromatic rings. The molecular weight excluding hydrogens is 394 g/mol. The molecular formula is C21H20F2N4O3. The lowest BCUT2D eigenvalue weighted by Gasteiger charge is -2.13. The van der Waals surface area contributed by atoms with Crippen molar-refractivity contribution in [3.63, 3.8) is 0 Å². The zero-order valence-corrected chi connectivity index (χ0v) is 16.4. The molecule has 7 nitrogen and oxygen atoms in total. The topological polar surface area (TPSA) is 86.0 Å². The van der Waals surface area contributed by atoms with Crippen molar-refractivity contribution < 1.29 is 13.6 Å². The van der Waals surface area contributed by atoms with E-state index in [1.54, 1.807) is 0 Å². The predicted molar refractivity (Wildman–Crippen MR) is 107 cm³/mol. The van der Waals surface area contributed by atoms with E-state index in [-0.39, 0.29) is 24.7 Å². The molecule has 0 aliphatic rings. The van der Waals surface area contributed by atoms with Crippen LogP contribution in [0.5, 0.6) is 0 Å². The molecule has 0 fully saturated rings. The maximum absolute atomic E-state index is 14.3. The molecule has 1 aromatic heterocycles. The van der Waals surface area contributed by atoms with Gasteiger partial charge in [0.05, 0.1) is 6.54 Å². The number of amides is 1. The van der Waals surface area contributed by atoms with Crippen molar-refractivity contribution in [2.24, 2.45) is 5.92 Å². The van der Waals surface area contributed by atoms with Crippen molar-refractivity contribution in [2.75, 3.05) is 6.54 Å². The first-order valence-electron chi connectivity index (χ1n) is 9.29. The largest absolute Gasteiger partial charge is 0.352 e. The number of carbonyl (C=O) groups is 1. The Kier molecular flexibility index (Phi) is 6.20. The van der Waals surface area contributed by atoms with Crippen molar-refractivity contribution in [2.45, 2.75) is 20.4 Å². The van der Waals surface area contributed by atoms with Gasteiger partial charge in [-0.05, 0) is 35.7 Å². The van der Waals surface area contributed by atoms with Crippen LogP contribution in [0.2, 0.25) is 0 Å². The summed E-state index contributed by atoms with van der Waals surface area (Å²) >= 11 is 0. The number of para-hydroxylation sites is 1. The number of halogens is 2. The van der Waals surface area contributed by atoms with E-state index < -0.39 is 34.5 Å². The fourth-order valence-electron chi connectivity index (χ4n) is 2.73. The monoisotopic (exact) mass is 414 g/mol. The molecule has 3 rings (SSSR count). The van der Waals surface area contributed by atoms with Crippen LogP contribution >= 0.6 is 0 Å². The Bertz CT molecular complexity index is 1180. The number of nitrogens with one attached hydrogen (secondary N) is 1. The number of aromatic nitrogens is 3. The van der Waals surface area contributed by atoms with Gasteiger partial charge in [0.1, 0.15) is 17.3 Å². The number of benzene rings is 2. The minimum atomic E-state index is -0.921. The van der Waals surface area contributed by atoms with Crippen molar-refractivity contribution >= 4 is 5.91 Å². The van der Waals surface area contributed by atoms with Crippen LogP contribution < -0.4 is 16.6 Å². The van der Waals surface area contributed by atoms with Gasteiger partial charge in [-0.2, -0.15) is 9.78 Å². The number of nitrogens with zero attached hydrogens (tertiary/aromatic N) is 3. The molecule has 0 bridgehead atoms. The Morgan fingerprint density at radius 3 is 2.37 bits per heavy atom. The van der Waals surface area contributed by atoms with Gasteiger partial charge in [0.2, 0.25) is 5.69 Å². The third kappa shape index (κ3) is 4.51. The zero-order chi connectivity index (χ0) is 21.8. The molecule has 9 heteroatoms. The lowest BCUT2D eigenvalue weighted by molar-refractivity contribution is 0.0939. The maximum atomic E-state index is 14.3. The molecule has 0 aliphatic heterocycles. The lowest BCUT2D eigenvalue weighted by Crippen LogP contribution is -2.46. The summed E-state index contributed by atoms with van der Waals surface area (Å²) < 4.78 is 29.0. The van der Waals surface area contributed by atoms with Crippen molar-refractivity contribution in [3.8, 4) is 5.69 Å². The molecule has 1 heterocycles. The second-order valence-electron chi connectivity index (χ2n) is 7.12. The highest BCUT2D eigenvalue weighted by molar-refractivity contribution is 5.91. The van der Waals surface area contributed by atoms with Crippen molar-refractivity contribution in [1.82, 2.24) is 19.7 Å². The standard InChI is InChI=1S/C21H20F2N4O3/c1-13(2)11-24-19(28)18-20(29)26(12-14-7-9-15(22)10-8-14)21(30)27(25-18)17-6-4-3-5-16(17)23/h3-10,13H,11-12H2,1-2H3,(H,24,28). The van der Waals surface area contributed by atoms with Gasteiger partial charge in [0.25, 0.3) is 11.5 Å². The molecule has 1 N–H and O–H groups in total. The Hall–Kier alpha value is -3.62. The van der Waals surface area contributed by atoms with Gasteiger partial charge in [-0.15, -0.1) is 0 Å². The highest BCUT2D eigenvalue weighted by Crippen LogP contribution is 2.09. The third-order valence-corrected chi connectivity index (χ3v) is 4.28. The highest BCUT2D eigenvalue weighted by atomic mass is 19.1. The smallest absolute Gasteiger partial charge is 0.350 e. The van der Waals surface area contributed by atoms with Crippen LogP contribution in [-0.2, 0) is 6.54 Å². The van der Waals surface area contributed by atoms with Gasteiger partial charge in [0.15, 0.2) is 0 Å². The van der Waals surface area contributed by atoms with Crippen LogP contribution in [0.15, 0.2) is 58.1 Å². The van der Waals surface area contributed by atoms with Gasteiger partial charge >= 0.3 is 5.69 Å². The van der Waals surface area contributed by atoms with Crippen LogP contribution in [0.25, 0.3) is 5.69 Å². The number of rotatable bonds is 6. The summed E-state index contributed by atoms with van der Waals surface area (Å²) in [6, 6.07) is 10.6. The summed E-state index contributed by atoms with van der Waals surface area (Å²) in [5.74, 6) is -1.87. The average Bonchev–Trinajstić information content (AvgIpc) is 2.71. The van der Waals surface area contributed by atoms with Gasteiger partial charge < -0.3 is 5.32 Å². The minimum Gasteiger partial charge on any atom is -0.350 e. The Morgan fingerprint density at radius 1 is 1.07 bits per heavy atom. The molecule has 1 amide bonds. The molecule has 30 heavy (non-hydrogen) atoms. The van der Waals surface area contributed by atoms with Crippen LogP contribution in [-0.4, -0.2) is 26.8 Å². The quantitative estimate of drug-likeness (QED) is 0.670. The summed E-state index contributed by atoms with van der Waals surface area (Å²) in [4.78, 5) is 38.4. The first kappa shape index (κ1) is 21.1. The predicted octanol–water partition coefficient (Wildman–Crippen LogP) is 2.11. The molecule has 2 aromatic carbocycles. The zero-order valence-electron chi connectivity index (χ0n) is 16.4. The Balaban J connectivity index is 2.18. The van der Waals surface area contributed by atoms with E-state index in [1.165, 1.54) is 42.5 Å². The van der Waals surface area contributed by atoms with Crippen molar-refractivity contribution in [1.29, 1.82) is 0 Å². The molecule has 0 saturated heterocycles. The van der Waals surface area contributed by atoms with E-state index in [1.807, 2.05) is 13.8 Å². The summed E-state index contributed by atoms with van der Waals surface area (Å²) in [5.41, 5.74) is -2.13. The van der Waals surface area contributed by atoms with Crippen LogP contribution in [0.3, 0.4) is 0 Å². The fraction of sp³-hybridized carbons (Fsp3) is 0.238. The molecule has 156 valence electrons. The summed E-state index contributed by atoms with van der Waals surface area (Å²) in [6.45, 7) is 3.80. The van der Waals surface area contributed by atoms with Crippen LogP contribution in [0, 0.1) is 17.6 Å². The fourth-order valence-corrected chi connectivity index (χ4v) is 2.73.